The molecule has 150 valence electrons. The topological polar surface area (TPSA) is 50.7 Å². The van der Waals surface area contributed by atoms with Crippen LogP contribution in [0.25, 0.3) is 0 Å². The van der Waals surface area contributed by atoms with Crippen LogP contribution in [0.4, 0.5) is 5.95 Å². The fourth-order valence-corrected chi connectivity index (χ4v) is 5.57. The first-order chi connectivity index (χ1) is 13.1. The Labute approximate surface area is 163 Å². The lowest BCUT2D eigenvalue weighted by atomic mass is 9.62. The minimum atomic E-state index is 0.233. The molecule has 6 heteroatoms. The SMILES string of the molecule is COC[C@]12CC[C@H](N3CCOCC3)C[C@@H]1CCN(c1nc(C)cc(C)n1)C2. The summed E-state index contributed by atoms with van der Waals surface area (Å²) in [5, 5.41) is 0. The van der Waals surface area contributed by atoms with Crippen molar-refractivity contribution in [3.63, 3.8) is 0 Å². The second kappa shape index (κ2) is 8.02. The number of hydrogen-bond acceptors (Lipinski definition) is 6. The highest BCUT2D eigenvalue weighted by Crippen LogP contribution is 2.48. The normalized spacial score (nSPS) is 32.3. The maximum atomic E-state index is 5.75. The third-order valence-corrected chi connectivity index (χ3v) is 6.90. The molecule has 0 bridgehead atoms. The van der Waals surface area contributed by atoms with Crippen molar-refractivity contribution in [2.24, 2.45) is 11.3 Å². The lowest BCUT2D eigenvalue weighted by Crippen LogP contribution is -2.57. The highest BCUT2D eigenvalue weighted by atomic mass is 16.5. The van der Waals surface area contributed by atoms with Gasteiger partial charge in [-0.3, -0.25) is 4.90 Å². The van der Waals surface area contributed by atoms with Crippen LogP contribution in [0.2, 0.25) is 0 Å². The van der Waals surface area contributed by atoms with Gasteiger partial charge in [0.2, 0.25) is 5.95 Å². The van der Waals surface area contributed by atoms with Crippen LogP contribution in [-0.2, 0) is 9.47 Å². The Kier molecular flexibility index (Phi) is 5.67. The molecular weight excluding hydrogens is 340 g/mol. The molecule has 2 aliphatic heterocycles. The molecule has 6 nitrogen and oxygen atoms in total. The summed E-state index contributed by atoms with van der Waals surface area (Å²) in [6.45, 7) is 11.0. The summed E-state index contributed by atoms with van der Waals surface area (Å²) in [5.74, 6) is 1.62. The van der Waals surface area contributed by atoms with Gasteiger partial charge in [0.25, 0.3) is 0 Å². The van der Waals surface area contributed by atoms with E-state index in [1.165, 1.54) is 25.7 Å². The molecule has 0 radical (unpaired) electrons. The van der Waals surface area contributed by atoms with Crippen LogP contribution in [0.1, 0.15) is 37.1 Å². The number of morpholine rings is 1. The molecule has 1 aromatic rings. The number of fused-ring (bicyclic) bond motifs is 1. The zero-order valence-electron chi connectivity index (χ0n) is 17.1. The summed E-state index contributed by atoms with van der Waals surface area (Å²) < 4.78 is 11.3. The molecule has 27 heavy (non-hydrogen) atoms. The van der Waals surface area contributed by atoms with Crippen molar-refractivity contribution in [2.45, 2.75) is 45.6 Å². The average molecular weight is 375 g/mol. The molecule has 1 aliphatic carbocycles. The molecular formula is C21H34N4O2. The molecule has 3 heterocycles. The van der Waals surface area contributed by atoms with Crippen LogP contribution in [0.3, 0.4) is 0 Å². The van der Waals surface area contributed by atoms with Gasteiger partial charge in [0.05, 0.1) is 19.8 Å². The zero-order chi connectivity index (χ0) is 18.9. The molecule has 3 fully saturated rings. The summed E-state index contributed by atoms with van der Waals surface area (Å²) >= 11 is 0. The summed E-state index contributed by atoms with van der Waals surface area (Å²) in [5.41, 5.74) is 2.34. The first-order valence-electron chi connectivity index (χ1n) is 10.5. The van der Waals surface area contributed by atoms with Crippen LogP contribution < -0.4 is 4.90 Å². The second-order valence-corrected chi connectivity index (χ2v) is 8.73. The summed E-state index contributed by atoms with van der Waals surface area (Å²) in [7, 11) is 1.85. The molecule has 0 amide bonds. The van der Waals surface area contributed by atoms with E-state index in [-0.39, 0.29) is 5.41 Å². The molecule has 1 saturated carbocycles. The van der Waals surface area contributed by atoms with Crippen molar-refractivity contribution in [1.82, 2.24) is 14.9 Å². The molecule has 0 N–H and O–H groups in total. The van der Waals surface area contributed by atoms with Crippen molar-refractivity contribution in [2.75, 3.05) is 58.0 Å². The molecule has 0 unspecified atom stereocenters. The van der Waals surface area contributed by atoms with Crippen molar-refractivity contribution in [1.29, 1.82) is 0 Å². The maximum Gasteiger partial charge on any atom is 0.225 e. The number of aryl methyl sites for hydroxylation is 2. The van der Waals surface area contributed by atoms with E-state index in [0.29, 0.717) is 6.04 Å². The number of methoxy groups -OCH3 is 1. The van der Waals surface area contributed by atoms with Crippen molar-refractivity contribution < 1.29 is 9.47 Å². The Hall–Kier alpha value is -1.24. The Bertz CT molecular complexity index is 629. The van der Waals surface area contributed by atoms with Gasteiger partial charge in [-0.25, -0.2) is 9.97 Å². The highest BCUT2D eigenvalue weighted by Gasteiger charge is 2.48. The van der Waals surface area contributed by atoms with Crippen molar-refractivity contribution in [3.05, 3.63) is 17.5 Å². The first kappa shape index (κ1) is 19.1. The van der Waals surface area contributed by atoms with Crippen LogP contribution in [0.15, 0.2) is 6.07 Å². The Morgan fingerprint density at radius 1 is 1.15 bits per heavy atom. The van der Waals surface area contributed by atoms with Crippen LogP contribution in [0.5, 0.6) is 0 Å². The zero-order valence-corrected chi connectivity index (χ0v) is 17.1. The van der Waals surface area contributed by atoms with Crippen LogP contribution in [0, 0.1) is 25.2 Å². The Balaban J connectivity index is 1.50. The smallest absolute Gasteiger partial charge is 0.225 e. The van der Waals surface area contributed by atoms with Gasteiger partial charge in [-0.1, -0.05) is 0 Å². The predicted molar refractivity (Wildman–Crippen MR) is 106 cm³/mol. The standard InChI is InChI=1S/C21H34N4O2/c1-16-12-17(2)23-20(22-16)25-7-5-18-13-19(24-8-10-27-11-9-24)4-6-21(18,14-25)15-26-3/h12,18-19H,4-11,13-15H2,1-3H3/t18-,19-,21+/m0/s1. The minimum absolute atomic E-state index is 0.233. The summed E-state index contributed by atoms with van der Waals surface area (Å²) in [6, 6.07) is 2.77. The van der Waals surface area contributed by atoms with E-state index in [1.807, 2.05) is 7.11 Å². The minimum Gasteiger partial charge on any atom is -0.384 e. The second-order valence-electron chi connectivity index (χ2n) is 8.73. The third kappa shape index (κ3) is 3.98. The number of ether oxygens (including phenoxy) is 2. The molecule has 0 aromatic carbocycles. The number of piperidine rings is 1. The number of rotatable bonds is 4. The van der Waals surface area contributed by atoms with Crippen molar-refractivity contribution >= 4 is 5.95 Å². The lowest BCUT2D eigenvalue weighted by Gasteiger charge is -2.54. The highest BCUT2D eigenvalue weighted by molar-refractivity contribution is 5.34. The van der Waals surface area contributed by atoms with E-state index in [1.54, 1.807) is 0 Å². The Morgan fingerprint density at radius 2 is 1.89 bits per heavy atom. The Morgan fingerprint density at radius 3 is 2.59 bits per heavy atom. The van der Waals surface area contributed by atoms with E-state index in [2.05, 4.69) is 29.7 Å². The monoisotopic (exact) mass is 374 g/mol. The summed E-state index contributed by atoms with van der Waals surface area (Å²) in [6.07, 6.45) is 5.00. The van der Waals surface area contributed by atoms with Gasteiger partial charge in [-0.2, -0.15) is 0 Å². The predicted octanol–water partition coefficient (Wildman–Crippen LogP) is 2.44. The van der Waals surface area contributed by atoms with E-state index in [9.17, 15) is 0 Å². The van der Waals surface area contributed by atoms with Crippen molar-refractivity contribution in [3.8, 4) is 0 Å². The van der Waals surface area contributed by atoms with Gasteiger partial charge >= 0.3 is 0 Å². The number of aromatic nitrogens is 2. The molecule has 1 aromatic heterocycles. The first-order valence-corrected chi connectivity index (χ1v) is 10.5. The molecule has 3 aliphatic rings. The fraction of sp³-hybridized carbons (Fsp3) is 0.810. The van der Waals surface area contributed by atoms with E-state index in [0.717, 1.165) is 69.3 Å². The number of hydrogen-bond donors (Lipinski definition) is 0. The van der Waals surface area contributed by atoms with Gasteiger partial charge in [0.1, 0.15) is 0 Å². The number of nitrogens with zero attached hydrogens (tertiary/aromatic N) is 4. The lowest BCUT2D eigenvalue weighted by molar-refractivity contribution is -0.0541. The van der Waals surface area contributed by atoms with E-state index in [4.69, 9.17) is 19.4 Å². The average Bonchev–Trinajstić information content (AvgIpc) is 2.67. The van der Waals surface area contributed by atoms with Gasteiger partial charge in [0.15, 0.2) is 0 Å². The maximum absolute atomic E-state index is 5.75. The van der Waals surface area contributed by atoms with E-state index < -0.39 is 0 Å². The van der Waals surface area contributed by atoms with Crippen LogP contribution >= 0.6 is 0 Å². The molecule has 2 saturated heterocycles. The summed E-state index contributed by atoms with van der Waals surface area (Å²) in [4.78, 5) is 14.5. The van der Waals surface area contributed by atoms with Crippen LogP contribution in [-0.4, -0.2) is 74.0 Å². The van der Waals surface area contributed by atoms with Gasteiger partial charge in [-0.15, -0.1) is 0 Å². The van der Waals surface area contributed by atoms with Gasteiger partial charge in [-0.05, 0) is 51.5 Å². The van der Waals surface area contributed by atoms with Gasteiger partial charge < -0.3 is 14.4 Å². The quantitative estimate of drug-likeness (QED) is 0.807. The molecule has 4 rings (SSSR count). The fourth-order valence-electron chi connectivity index (χ4n) is 5.57. The number of anilines is 1. The molecule has 0 spiro atoms. The van der Waals surface area contributed by atoms with Gasteiger partial charge in [0, 0.05) is 56.1 Å². The largest absolute Gasteiger partial charge is 0.384 e. The third-order valence-electron chi connectivity index (χ3n) is 6.90. The van der Waals surface area contributed by atoms with E-state index >= 15 is 0 Å². The molecule has 3 atom stereocenters.